The lowest BCUT2D eigenvalue weighted by atomic mass is 9.86. The zero-order valence-corrected chi connectivity index (χ0v) is 11.9. The van der Waals surface area contributed by atoms with Crippen molar-refractivity contribution in [2.75, 3.05) is 13.7 Å². The molecule has 19 heavy (non-hydrogen) atoms. The Morgan fingerprint density at radius 1 is 1.32 bits per heavy atom. The zero-order chi connectivity index (χ0) is 14.4. The van der Waals surface area contributed by atoms with Crippen LogP contribution in [0.1, 0.15) is 32.4 Å². The predicted octanol–water partition coefficient (Wildman–Crippen LogP) is 2.56. The minimum absolute atomic E-state index is 0.0304. The monoisotopic (exact) mass is 266 g/mol. The van der Waals surface area contributed by atoms with Gasteiger partial charge < -0.3 is 14.6 Å². The Kier molecular flexibility index (Phi) is 5.83. The molecule has 2 unspecified atom stereocenters. The SMILES string of the molecule is CCOc1ccccc1C(O)C(C(=O)OC)C(C)C. The molecule has 0 saturated carbocycles. The number of esters is 1. The van der Waals surface area contributed by atoms with Crippen LogP contribution in [0.3, 0.4) is 0 Å². The number of benzene rings is 1. The highest BCUT2D eigenvalue weighted by molar-refractivity contribution is 5.73. The number of hydrogen-bond donors (Lipinski definition) is 1. The van der Waals surface area contributed by atoms with Gasteiger partial charge in [-0.2, -0.15) is 0 Å². The van der Waals surface area contributed by atoms with Crippen LogP contribution in [0.5, 0.6) is 5.75 Å². The van der Waals surface area contributed by atoms with Gasteiger partial charge in [0, 0.05) is 5.56 Å². The maximum atomic E-state index is 11.8. The molecule has 0 saturated heterocycles. The molecule has 0 amide bonds. The van der Waals surface area contributed by atoms with E-state index in [4.69, 9.17) is 9.47 Å². The van der Waals surface area contributed by atoms with Crippen LogP contribution >= 0.6 is 0 Å². The van der Waals surface area contributed by atoms with E-state index in [9.17, 15) is 9.90 Å². The first-order chi connectivity index (χ1) is 9.02. The number of para-hydroxylation sites is 1. The number of rotatable bonds is 6. The second-order valence-electron chi connectivity index (χ2n) is 4.71. The lowest BCUT2D eigenvalue weighted by Gasteiger charge is -2.25. The van der Waals surface area contributed by atoms with Crippen molar-refractivity contribution in [3.8, 4) is 5.75 Å². The van der Waals surface area contributed by atoms with Gasteiger partial charge in [0.25, 0.3) is 0 Å². The molecular weight excluding hydrogens is 244 g/mol. The molecule has 0 fully saturated rings. The molecule has 2 atom stereocenters. The van der Waals surface area contributed by atoms with Gasteiger partial charge in [-0.1, -0.05) is 32.0 Å². The molecule has 0 aliphatic rings. The Labute approximate surface area is 114 Å². The summed E-state index contributed by atoms with van der Waals surface area (Å²) in [4.78, 5) is 11.8. The normalized spacial score (nSPS) is 14.0. The average molecular weight is 266 g/mol. The van der Waals surface area contributed by atoms with Crippen LogP contribution in [0.4, 0.5) is 0 Å². The standard InChI is InChI=1S/C15H22O4/c1-5-19-12-9-7-6-8-11(12)14(16)13(10(2)3)15(17)18-4/h6-10,13-14,16H,5H2,1-4H3. The van der Waals surface area contributed by atoms with Crippen LogP contribution in [0.2, 0.25) is 0 Å². The molecule has 4 heteroatoms. The first kappa shape index (κ1) is 15.5. The van der Waals surface area contributed by atoms with E-state index in [1.807, 2.05) is 32.9 Å². The molecule has 0 aromatic heterocycles. The minimum Gasteiger partial charge on any atom is -0.493 e. The Morgan fingerprint density at radius 2 is 1.95 bits per heavy atom. The number of hydrogen-bond acceptors (Lipinski definition) is 4. The van der Waals surface area contributed by atoms with Crippen LogP contribution in [0, 0.1) is 11.8 Å². The van der Waals surface area contributed by atoms with Crippen molar-refractivity contribution in [2.45, 2.75) is 26.9 Å². The summed E-state index contributed by atoms with van der Waals surface area (Å²) in [6.07, 6.45) is -0.935. The Balaban J connectivity index is 3.09. The van der Waals surface area contributed by atoms with Gasteiger partial charge in [-0.25, -0.2) is 0 Å². The molecule has 1 aromatic rings. The molecule has 1 N–H and O–H groups in total. The van der Waals surface area contributed by atoms with E-state index < -0.39 is 18.0 Å². The van der Waals surface area contributed by atoms with E-state index >= 15 is 0 Å². The van der Waals surface area contributed by atoms with Gasteiger partial charge in [0.2, 0.25) is 0 Å². The number of carbonyl (C=O) groups is 1. The Bertz CT molecular complexity index is 414. The first-order valence-corrected chi connectivity index (χ1v) is 6.50. The number of methoxy groups -OCH3 is 1. The van der Waals surface area contributed by atoms with Crippen molar-refractivity contribution in [1.29, 1.82) is 0 Å². The summed E-state index contributed by atoms with van der Waals surface area (Å²) in [7, 11) is 1.33. The topological polar surface area (TPSA) is 55.8 Å². The van der Waals surface area contributed by atoms with Gasteiger partial charge in [0.05, 0.1) is 25.7 Å². The zero-order valence-electron chi connectivity index (χ0n) is 11.9. The number of aliphatic hydroxyl groups excluding tert-OH is 1. The van der Waals surface area contributed by atoms with Crippen molar-refractivity contribution in [3.05, 3.63) is 29.8 Å². The number of ether oxygens (including phenoxy) is 2. The average Bonchev–Trinajstić information content (AvgIpc) is 2.39. The summed E-state index contributed by atoms with van der Waals surface area (Å²) in [6.45, 7) is 6.15. The van der Waals surface area contributed by atoms with Crippen molar-refractivity contribution < 1.29 is 19.4 Å². The summed E-state index contributed by atoms with van der Waals surface area (Å²) >= 11 is 0. The molecule has 1 rings (SSSR count). The third kappa shape index (κ3) is 3.70. The Hall–Kier alpha value is -1.55. The van der Waals surface area contributed by atoms with Gasteiger partial charge in [-0.15, -0.1) is 0 Å². The van der Waals surface area contributed by atoms with Gasteiger partial charge in [-0.05, 0) is 18.9 Å². The van der Waals surface area contributed by atoms with Crippen LogP contribution in [-0.2, 0) is 9.53 Å². The lowest BCUT2D eigenvalue weighted by molar-refractivity contribution is -0.152. The summed E-state index contributed by atoms with van der Waals surface area (Å²) in [5.74, 6) is -0.440. The van der Waals surface area contributed by atoms with E-state index in [0.29, 0.717) is 17.9 Å². The van der Waals surface area contributed by atoms with Crippen LogP contribution in [-0.4, -0.2) is 24.8 Å². The molecule has 1 aromatic carbocycles. The van der Waals surface area contributed by atoms with Gasteiger partial charge in [0.1, 0.15) is 5.75 Å². The first-order valence-electron chi connectivity index (χ1n) is 6.50. The molecule has 0 aliphatic heterocycles. The highest BCUT2D eigenvalue weighted by Crippen LogP contribution is 2.34. The van der Waals surface area contributed by atoms with Gasteiger partial charge in [0.15, 0.2) is 0 Å². The fourth-order valence-corrected chi connectivity index (χ4v) is 2.11. The summed E-state index contributed by atoms with van der Waals surface area (Å²) in [6, 6.07) is 7.21. The minimum atomic E-state index is -0.935. The van der Waals surface area contributed by atoms with E-state index in [2.05, 4.69) is 0 Å². The highest BCUT2D eigenvalue weighted by Gasteiger charge is 2.33. The van der Waals surface area contributed by atoms with E-state index in [0.717, 1.165) is 0 Å². The van der Waals surface area contributed by atoms with Crippen LogP contribution in [0.15, 0.2) is 24.3 Å². The fourth-order valence-electron chi connectivity index (χ4n) is 2.11. The van der Waals surface area contributed by atoms with Gasteiger partial charge >= 0.3 is 5.97 Å². The molecule has 4 nitrogen and oxygen atoms in total. The predicted molar refractivity (Wildman–Crippen MR) is 72.9 cm³/mol. The third-order valence-corrected chi connectivity index (χ3v) is 3.07. The summed E-state index contributed by atoms with van der Waals surface area (Å²) in [5.41, 5.74) is 0.619. The smallest absolute Gasteiger partial charge is 0.311 e. The second kappa shape index (κ2) is 7.14. The van der Waals surface area contributed by atoms with Crippen LogP contribution in [0.25, 0.3) is 0 Å². The van der Waals surface area contributed by atoms with E-state index in [1.165, 1.54) is 7.11 Å². The molecule has 0 bridgehead atoms. The summed E-state index contributed by atoms with van der Waals surface area (Å²) < 4.78 is 10.3. The third-order valence-electron chi connectivity index (χ3n) is 3.07. The molecule has 0 heterocycles. The van der Waals surface area contributed by atoms with E-state index in [-0.39, 0.29) is 5.92 Å². The van der Waals surface area contributed by atoms with E-state index in [1.54, 1.807) is 12.1 Å². The second-order valence-corrected chi connectivity index (χ2v) is 4.71. The Morgan fingerprint density at radius 3 is 2.47 bits per heavy atom. The molecule has 0 radical (unpaired) electrons. The van der Waals surface area contributed by atoms with Crippen LogP contribution < -0.4 is 4.74 Å². The fraction of sp³-hybridized carbons (Fsp3) is 0.533. The van der Waals surface area contributed by atoms with Crippen molar-refractivity contribution in [3.63, 3.8) is 0 Å². The maximum absolute atomic E-state index is 11.8. The quantitative estimate of drug-likeness (QED) is 0.804. The number of carbonyl (C=O) groups excluding carboxylic acids is 1. The largest absolute Gasteiger partial charge is 0.493 e. The van der Waals surface area contributed by atoms with Crippen molar-refractivity contribution in [1.82, 2.24) is 0 Å². The molecular formula is C15H22O4. The maximum Gasteiger partial charge on any atom is 0.311 e. The molecule has 0 spiro atoms. The molecule has 0 aliphatic carbocycles. The summed E-state index contributed by atoms with van der Waals surface area (Å²) in [5, 5.41) is 10.5. The van der Waals surface area contributed by atoms with Crippen molar-refractivity contribution in [2.24, 2.45) is 11.8 Å². The van der Waals surface area contributed by atoms with Gasteiger partial charge in [-0.3, -0.25) is 4.79 Å². The number of aliphatic hydroxyl groups is 1. The lowest BCUT2D eigenvalue weighted by Crippen LogP contribution is -2.28. The highest BCUT2D eigenvalue weighted by atomic mass is 16.5. The molecule has 106 valence electrons. The van der Waals surface area contributed by atoms with Crippen molar-refractivity contribution >= 4 is 5.97 Å².